The summed E-state index contributed by atoms with van der Waals surface area (Å²) in [6, 6.07) is 6.88. The first-order valence-corrected chi connectivity index (χ1v) is 12.8. The highest BCUT2D eigenvalue weighted by Gasteiger charge is 2.10. The molecule has 0 heterocycles. The average Bonchev–Trinajstić information content (AvgIpc) is 2.88. The van der Waals surface area contributed by atoms with Gasteiger partial charge in [0.25, 0.3) is 0 Å². The van der Waals surface area contributed by atoms with Crippen LogP contribution in [-0.2, 0) is 35.1 Å². The minimum atomic E-state index is -0.482. The number of benzene rings is 1. The highest BCUT2D eigenvalue weighted by molar-refractivity contribution is 6.03. The number of carbonyl (C=O) groups is 5. The predicted molar refractivity (Wildman–Crippen MR) is 144 cm³/mol. The number of alkyl carbamates (subject to hydrolysis) is 1. The first-order valence-electron chi connectivity index (χ1n) is 12.8. The summed E-state index contributed by atoms with van der Waals surface area (Å²) >= 11 is 0. The van der Waals surface area contributed by atoms with Crippen LogP contribution in [0.25, 0.3) is 0 Å². The molecule has 4 N–H and O–H groups in total. The second kappa shape index (κ2) is 20.3. The van der Waals surface area contributed by atoms with Crippen molar-refractivity contribution in [2.45, 2.75) is 51.9 Å². The van der Waals surface area contributed by atoms with E-state index in [4.69, 9.17) is 9.47 Å². The van der Waals surface area contributed by atoms with Crippen LogP contribution in [0.5, 0.6) is 0 Å². The Morgan fingerprint density at radius 2 is 1.63 bits per heavy atom. The molecule has 0 aliphatic rings. The molecule has 0 saturated heterocycles. The Kier molecular flexibility index (Phi) is 17.3. The molecule has 38 heavy (non-hydrogen) atoms. The summed E-state index contributed by atoms with van der Waals surface area (Å²) in [6.07, 6.45) is 5.43. The normalized spacial score (nSPS) is 10.8. The molecule has 0 aliphatic carbocycles. The number of rotatable bonds is 20. The third-order valence-electron chi connectivity index (χ3n) is 5.21. The number of amides is 3. The van der Waals surface area contributed by atoms with E-state index in [-0.39, 0.29) is 38.4 Å². The lowest BCUT2D eigenvalue weighted by Gasteiger charge is -2.09. The van der Waals surface area contributed by atoms with Crippen LogP contribution in [0.2, 0.25) is 0 Å². The van der Waals surface area contributed by atoms with E-state index in [2.05, 4.69) is 21.3 Å². The molecule has 11 nitrogen and oxygen atoms in total. The van der Waals surface area contributed by atoms with Crippen molar-refractivity contribution in [3.8, 4) is 0 Å². The van der Waals surface area contributed by atoms with Crippen LogP contribution < -0.4 is 21.3 Å². The van der Waals surface area contributed by atoms with Crippen LogP contribution in [0, 0.1) is 0 Å². The molecule has 0 aromatic heterocycles. The fraction of sp³-hybridized carbons (Fsp3) is 0.519. The summed E-state index contributed by atoms with van der Waals surface area (Å²) < 4.78 is 10.4. The molecule has 0 unspecified atom stereocenters. The van der Waals surface area contributed by atoms with Gasteiger partial charge in [-0.2, -0.15) is 0 Å². The summed E-state index contributed by atoms with van der Waals surface area (Å²) in [5, 5.41) is 10.8. The third kappa shape index (κ3) is 16.9. The molecule has 1 rings (SSSR count). The van der Waals surface area contributed by atoms with Gasteiger partial charge in [-0.25, -0.2) is 4.79 Å². The van der Waals surface area contributed by atoms with Crippen molar-refractivity contribution in [1.82, 2.24) is 16.0 Å². The van der Waals surface area contributed by atoms with Crippen molar-refractivity contribution < 1.29 is 33.4 Å². The van der Waals surface area contributed by atoms with Crippen LogP contribution in [0.1, 0.15) is 51.0 Å². The summed E-state index contributed by atoms with van der Waals surface area (Å²) in [4.78, 5) is 57.7. The van der Waals surface area contributed by atoms with Crippen molar-refractivity contribution in [3.63, 3.8) is 0 Å². The Labute approximate surface area is 224 Å². The standard InChI is InChI=1S/C27H40N4O7/c1-21(28-2)18-24(33)19-22-8-10-23(11-9-22)31-26(35)20-25(34)29-13-17-37-15-7-16-38-27(36)30-12-5-3-4-6-14-32/h8-11,14,18,28H,3-7,12-13,15-17,19-20H2,1-2H3,(H,29,34)(H,30,36)(H,31,35)/b21-18-. The molecule has 0 saturated carbocycles. The number of anilines is 1. The van der Waals surface area contributed by atoms with E-state index in [1.54, 1.807) is 37.4 Å². The molecule has 3 amide bonds. The zero-order valence-electron chi connectivity index (χ0n) is 22.3. The maximum atomic E-state index is 12.1. The lowest BCUT2D eigenvalue weighted by molar-refractivity contribution is -0.127. The summed E-state index contributed by atoms with van der Waals surface area (Å²) in [6.45, 7) is 3.42. The summed E-state index contributed by atoms with van der Waals surface area (Å²) in [5.74, 6) is -0.900. The predicted octanol–water partition coefficient (Wildman–Crippen LogP) is 2.26. The highest BCUT2D eigenvalue weighted by atomic mass is 16.5. The van der Waals surface area contributed by atoms with Crippen LogP contribution in [0.4, 0.5) is 10.5 Å². The molecular weight excluding hydrogens is 492 g/mol. The molecule has 1 aromatic rings. The van der Waals surface area contributed by atoms with Gasteiger partial charge in [0.1, 0.15) is 12.7 Å². The van der Waals surface area contributed by atoms with Gasteiger partial charge in [0.2, 0.25) is 11.8 Å². The van der Waals surface area contributed by atoms with Crippen molar-refractivity contribution in [2.75, 3.05) is 45.3 Å². The third-order valence-corrected chi connectivity index (χ3v) is 5.21. The molecule has 0 radical (unpaired) electrons. The van der Waals surface area contributed by atoms with Crippen molar-refractivity contribution in [2.24, 2.45) is 0 Å². The smallest absolute Gasteiger partial charge is 0.407 e. The Balaban J connectivity index is 2.08. The van der Waals surface area contributed by atoms with Crippen LogP contribution >= 0.6 is 0 Å². The maximum Gasteiger partial charge on any atom is 0.407 e. The van der Waals surface area contributed by atoms with E-state index >= 15 is 0 Å². The lowest BCUT2D eigenvalue weighted by atomic mass is 10.1. The van der Waals surface area contributed by atoms with Gasteiger partial charge in [-0.3, -0.25) is 14.4 Å². The number of carbonyl (C=O) groups excluding carboxylic acids is 5. The van der Waals surface area contributed by atoms with Gasteiger partial charge in [-0.05, 0) is 37.5 Å². The Hall–Kier alpha value is -3.73. The number of aldehydes is 1. The van der Waals surface area contributed by atoms with Gasteiger partial charge in [0.05, 0.1) is 13.2 Å². The lowest BCUT2D eigenvalue weighted by Crippen LogP contribution is -2.31. The van der Waals surface area contributed by atoms with Gasteiger partial charge < -0.3 is 35.5 Å². The van der Waals surface area contributed by atoms with E-state index < -0.39 is 17.9 Å². The minimum Gasteiger partial charge on any atom is -0.449 e. The fourth-order valence-electron chi connectivity index (χ4n) is 3.15. The van der Waals surface area contributed by atoms with Crippen LogP contribution in [-0.4, -0.2) is 69.9 Å². The topological polar surface area (TPSA) is 152 Å². The largest absolute Gasteiger partial charge is 0.449 e. The van der Waals surface area contributed by atoms with Gasteiger partial charge in [-0.1, -0.05) is 18.6 Å². The monoisotopic (exact) mass is 532 g/mol. The zero-order chi connectivity index (χ0) is 28.0. The fourth-order valence-corrected chi connectivity index (χ4v) is 3.15. The van der Waals surface area contributed by atoms with Gasteiger partial charge in [0, 0.05) is 63.5 Å². The number of hydrogen-bond donors (Lipinski definition) is 4. The highest BCUT2D eigenvalue weighted by Crippen LogP contribution is 2.11. The quantitative estimate of drug-likeness (QED) is 0.0864. The molecular formula is C27H40N4O7. The Morgan fingerprint density at radius 1 is 0.868 bits per heavy atom. The number of nitrogens with one attached hydrogen (secondary N) is 4. The van der Waals surface area contributed by atoms with E-state index in [0.717, 1.165) is 36.8 Å². The van der Waals surface area contributed by atoms with E-state index in [0.29, 0.717) is 31.7 Å². The molecule has 11 heteroatoms. The molecule has 0 fully saturated rings. The second-order valence-corrected chi connectivity index (χ2v) is 8.54. The zero-order valence-corrected chi connectivity index (χ0v) is 22.3. The van der Waals surface area contributed by atoms with E-state index in [1.165, 1.54) is 0 Å². The number of hydrogen-bond acceptors (Lipinski definition) is 8. The van der Waals surface area contributed by atoms with Gasteiger partial charge in [-0.15, -0.1) is 0 Å². The molecule has 210 valence electrons. The minimum absolute atomic E-state index is 0.0272. The molecule has 0 aliphatic heterocycles. The van der Waals surface area contributed by atoms with Gasteiger partial charge in [0.15, 0.2) is 5.78 Å². The molecule has 0 atom stereocenters. The first-order chi connectivity index (χ1) is 18.3. The Bertz CT molecular complexity index is 917. The number of unbranched alkanes of at least 4 members (excludes halogenated alkanes) is 3. The number of ether oxygens (including phenoxy) is 2. The Morgan fingerprint density at radius 3 is 2.34 bits per heavy atom. The summed E-state index contributed by atoms with van der Waals surface area (Å²) in [5.41, 5.74) is 2.14. The number of allylic oxidation sites excluding steroid dienone is 2. The van der Waals surface area contributed by atoms with Crippen molar-refractivity contribution >= 4 is 35.7 Å². The molecule has 1 aromatic carbocycles. The molecule has 0 bridgehead atoms. The van der Waals surface area contributed by atoms with Crippen molar-refractivity contribution in [3.05, 3.63) is 41.6 Å². The number of ketones is 1. The first kappa shape index (κ1) is 32.3. The summed E-state index contributed by atoms with van der Waals surface area (Å²) in [7, 11) is 1.75. The van der Waals surface area contributed by atoms with E-state index in [9.17, 15) is 24.0 Å². The second-order valence-electron chi connectivity index (χ2n) is 8.54. The maximum absolute atomic E-state index is 12.1. The SMILES string of the molecule is CN/C(C)=C\C(=O)Cc1ccc(NC(=O)CC(=O)NCCOCCCOC(=O)NCCCCCC=O)cc1. The van der Waals surface area contributed by atoms with Crippen LogP contribution in [0.3, 0.4) is 0 Å². The van der Waals surface area contributed by atoms with Crippen LogP contribution in [0.15, 0.2) is 36.0 Å². The van der Waals surface area contributed by atoms with E-state index in [1.807, 2.05) is 6.92 Å². The van der Waals surface area contributed by atoms with Gasteiger partial charge >= 0.3 is 6.09 Å². The van der Waals surface area contributed by atoms with Crippen molar-refractivity contribution in [1.29, 1.82) is 0 Å². The molecule has 0 spiro atoms. The average molecular weight is 533 g/mol.